The number of nitrogens with zero attached hydrogens (tertiary/aromatic N) is 2. The Morgan fingerprint density at radius 1 is 1.21 bits per heavy atom. The Morgan fingerprint density at radius 3 is 2.47 bits per heavy atom. The molecule has 0 saturated carbocycles. The van der Waals surface area contributed by atoms with Gasteiger partial charge >= 0.3 is 6.09 Å². The van der Waals surface area contributed by atoms with Crippen LogP contribution in [-0.4, -0.2) is 53.7 Å². The maximum absolute atomic E-state index is 13.4. The highest BCUT2D eigenvalue weighted by Crippen LogP contribution is 2.11. The molecule has 19 heavy (non-hydrogen) atoms. The van der Waals surface area contributed by atoms with E-state index in [0.717, 1.165) is 6.07 Å². The van der Waals surface area contributed by atoms with Crippen LogP contribution in [0.1, 0.15) is 5.56 Å². The minimum Gasteiger partial charge on any atom is -0.465 e. The summed E-state index contributed by atoms with van der Waals surface area (Å²) >= 11 is 0. The van der Waals surface area contributed by atoms with E-state index < -0.39 is 17.7 Å². The molecule has 1 saturated heterocycles. The van der Waals surface area contributed by atoms with Gasteiger partial charge in [0, 0.05) is 38.8 Å². The molecule has 1 amide bonds. The van der Waals surface area contributed by atoms with Gasteiger partial charge in [-0.3, -0.25) is 4.90 Å². The Labute approximate surface area is 110 Å². The third-order valence-corrected chi connectivity index (χ3v) is 3.36. The fourth-order valence-electron chi connectivity index (χ4n) is 2.17. The summed E-state index contributed by atoms with van der Waals surface area (Å²) in [6, 6.07) is 3.59. The van der Waals surface area contributed by atoms with Crippen molar-refractivity contribution in [2.24, 2.45) is 0 Å². The summed E-state index contributed by atoms with van der Waals surface area (Å²) < 4.78 is 26.2. The van der Waals surface area contributed by atoms with Crippen LogP contribution >= 0.6 is 0 Å². The van der Waals surface area contributed by atoms with E-state index in [1.165, 1.54) is 17.0 Å². The number of carbonyl (C=O) groups is 1. The highest BCUT2D eigenvalue weighted by Gasteiger charge is 2.20. The molecule has 0 bridgehead atoms. The first-order chi connectivity index (χ1) is 9.06. The van der Waals surface area contributed by atoms with Gasteiger partial charge in [0.2, 0.25) is 0 Å². The first kappa shape index (κ1) is 13.7. The second-order valence-corrected chi connectivity index (χ2v) is 4.60. The number of hydrogen-bond donors (Lipinski definition) is 1. The number of rotatable bonds is 3. The Hall–Kier alpha value is -1.69. The van der Waals surface area contributed by atoms with Gasteiger partial charge in [-0.2, -0.15) is 0 Å². The zero-order chi connectivity index (χ0) is 13.8. The summed E-state index contributed by atoms with van der Waals surface area (Å²) in [5, 5.41) is 8.82. The van der Waals surface area contributed by atoms with Crippen LogP contribution in [0.15, 0.2) is 18.2 Å². The molecule has 0 spiro atoms. The SMILES string of the molecule is O=C(O)N1CCN(CCc2ccc(F)cc2F)CC1. The third kappa shape index (κ3) is 3.64. The third-order valence-electron chi connectivity index (χ3n) is 3.36. The number of benzene rings is 1. The molecule has 104 valence electrons. The van der Waals surface area contributed by atoms with Crippen molar-refractivity contribution < 1.29 is 18.7 Å². The van der Waals surface area contributed by atoms with E-state index in [2.05, 4.69) is 4.90 Å². The van der Waals surface area contributed by atoms with Crippen molar-refractivity contribution in [1.29, 1.82) is 0 Å². The Morgan fingerprint density at radius 2 is 1.89 bits per heavy atom. The van der Waals surface area contributed by atoms with Crippen LogP contribution in [0, 0.1) is 11.6 Å². The first-order valence-electron chi connectivity index (χ1n) is 6.20. The van der Waals surface area contributed by atoms with Crippen molar-refractivity contribution in [2.45, 2.75) is 6.42 Å². The van der Waals surface area contributed by atoms with Gasteiger partial charge in [0.15, 0.2) is 0 Å². The van der Waals surface area contributed by atoms with Crippen LogP contribution in [-0.2, 0) is 6.42 Å². The second-order valence-electron chi connectivity index (χ2n) is 4.60. The van der Waals surface area contributed by atoms with Gasteiger partial charge in [0.1, 0.15) is 11.6 Å². The summed E-state index contributed by atoms with van der Waals surface area (Å²) in [5.74, 6) is -1.10. The number of carboxylic acid groups (broad SMARTS) is 1. The highest BCUT2D eigenvalue weighted by atomic mass is 19.1. The Kier molecular flexibility index (Phi) is 4.31. The van der Waals surface area contributed by atoms with Gasteiger partial charge in [0.25, 0.3) is 0 Å². The first-order valence-corrected chi connectivity index (χ1v) is 6.20. The van der Waals surface area contributed by atoms with Gasteiger partial charge < -0.3 is 10.0 Å². The minimum atomic E-state index is -0.899. The normalized spacial score (nSPS) is 16.6. The topological polar surface area (TPSA) is 43.8 Å². The van der Waals surface area contributed by atoms with E-state index in [9.17, 15) is 13.6 Å². The lowest BCUT2D eigenvalue weighted by Gasteiger charge is -2.33. The van der Waals surface area contributed by atoms with E-state index in [-0.39, 0.29) is 0 Å². The lowest BCUT2D eigenvalue weighted by molar-refractivity contribution is 0.106. The number of halogens is 2. The standard InChI is InChI=1S/C13H16F2N2O2/c14-11-2-1-10(12(15)9-11)3-4-16-5-7-17(8-6-16)13(18)19/h1-2,9H,3-8H2,(H,18,19). The van der Waals surface area contributed by atoms with Crippen LogP contribution < -0.4 is 0 Å². The molecule has 0 radical (unpaired) electrons. The smallest absolute Gasteiger partial charge is 0.407 e. The fourth-order valence-corrected chi connectivity index (χ4v) is 2.17. The lowest BCUT2D eigenvalue weighted by atomic mass is 10.1. The van der Waals surface area contributed by atoms with Crippen molar-refractivity contribution >= 4 is 6.09 Å². The largest absolute Gasteiger partial charge is 0.465 e. The summed E-state index contributed by atoms with van der Waals surface area (Å²) in [6.45, 7) is 2.89. The maximum atomic E-state index is 13.4. The van der Waals surface area contributed by atoms with Crippen molar-refractivity contribution in [3.63, 3.8) is 0 Å². The molecule has 2 rings (SSSR count). The summed E-state index contributed by atoms with van der Waals surface area (Å²) in [6.07, 6.45) is -0.400. The van der Waals surface area contributed by atoms with Crippen molar-refractivity contribution in [3.05, 3.63) is 35.4 Å². The van der Waals surface area contributed by atoms with Crippen LogP contribution in [0.5, 0.6) is 0 Å². The number of hydrogen-bond acceptors (Lipinski definition) is 2. The molecule has 1 aromatic rings. The molecule has 6 heteroatoms. The zero-order valence-corrected chi connectivity index (χ0v) is 10.5. The van der Waals surface area contributed by atoms with Gasteiger partial charge in [0.05, 0.1) is 0 Å². The van der Waals surface area contributed by atoms with E-state index in [4.69, 9.17) is 5.11 Å². The molecule has 0 aliphatic carbocycles. The molecule has 1 N–H and O–H groups in total. The highest BCUT2D eigenvalue weighted by molar-refractivity contribution is 5.65. The molecule has 1 aliphatic rings. The van der Waals surface area contributed by atoms with E-state index in [0.29, 0.717) is 44.7 Å². The monoisotopic (exact) mass is 270 g/mol. The molecule has 0 atom stereocenters. The molecule has 1 aromatic carbocycles. The molecular weight excluding hydrogens is 254 g/mol. The van der Waals surface area contributed by atoms with Crippen molar-refractivity contribution in [1.82, 2.24) is 9.80 Å². The predicted molar refractivity (Wildman–Crippen MR) is 66.1 cm³/mol. The summed E-state index contributed by atoms with van der Waals surface area (Å²) in [4.78, 5) is 14.2. The van der Waals surface area contributed by atoms with Crippen molar-refractivity contribution in [2.75, 3.05) is 32.7 Å². The lowest BCUT2D eigenvalue weighted by Crippen LogP contribution is -2.48. The van der Waals surface area contributed by atoms with Crippen LogP contribution in [0.2, 0.25) is 0 Å². The van der Waals surface area contributed by atoms with Gasteiger partial charge in [-0.1, -0.05) is 6.07 Å². The van der Waals surface area contributed by atoms with Gasteiger partial charge in [-0.15, -0.1) is 0 Å². The number of piperazine rings is 1. The molecule has 4 nitrogen and oxygen atoms in total. The number of amides is 1. The molecule has 1 heterocycles. The van der Waals surface area contributed by atoms with E-state index >= 15 is 0 Å². The van der Waals surface area contributed by atoms with Crippen LogP contribution in [0.4, 0.5) is 13.6 Å². The van der Waals surface area contributed by atoms with Gasteiger partial charge in [-0.25, -0.2) is 13.6 Å². The molecule has 1 aliphatic heterocycles. The maximum Gasteiger partial charge on any atom is 0.407 e. The van der Waals surface area contributed by atoms with Crippen LogP contribution in [0.3, 0.4) is 0 Å². The fraction of sp³-hybridized carbons (Fsp3) is 0.462. The predicted octanol–water partition coefficient (Wildman–Crippen LogP) is 1.80. The average molecular weight is 270 g/mol. The van der Waals surface area contributed by atoms with Gasteiger partial charge in [-0.05, 0) is 18.1 Å². The average Bonchev–Trinajstić information content (AvgIpc) is 2.38. The zero-order valence-electron chi connectivity index (χ0n) is 10.5. The minimum absolute atomic E-state index is 0.473. The van der Waals surface area contributed by atoms with Crippen LogP contribution in [0.25, 0.3) is 0 Å². The summed E-state index contributed by atoms with van der Waals surface area (Å²) in [7, 11) is 0. The molecule has 0 aromatic heterocycles. The molecular formula is C13H16F2N2O2. The summed E-state index contributed by atoms with van der Waals surface area (Å²) in [5.41, 5.74) is 0.488. The second kappa shape index (κ2) is 5.97. The molecule has 0 unspecified atom stereocenters. The van der Waals surface area contributed by atoms with Crippen molar-refractivity contribution in [3.8, 4) is 0 Å². The molecule has 1 fully saturated rings. The Bertz CT molecular complexity index is 460. The quantitative estimate of drug-likeness (QED) is 0.911. The Balaban J connectivity index is 1.82. The van der Waals surface area contributed by atoms with E-state index in [1.54, 1.807) is 0 Å². The van der Waals surface area contributed by atoms with E-state index in [1.807, 2.05) is 0 Å².